The van der Waals surface area contributed by atoms with Gasteiger partial charge in [0, 0.05) is 13.1 Å². The van der Waals surface area contributed by atoms with E-state index in [0.29, 0.717) is 30.2 Å². The summed E-state index contributed by atoms with van der Waals surface area (Å²) in [5, 5.41) is 2.71. The fraction of sp³-hybridized carbons (Fsp3) is 0.526. The number of nitrogens with zero attached hydrogens (tertiary/aromatic N) is 2. The number of hydrogen-bond donors (Lipinski definition) is 1. The number of fused-ring (bicyclic) bond motifs is 1. The van der Waals surface area contributed by atoms with Gasteiger partial charge in [-0.25, -0.2) is 4.79 Å². The Morgan fingerprint density at radius 2 is 1.86 bits per heavy atom. The molecule has 3 unspecified atom stereocenters. The van der Waals surface area contributed by atoms with Crippen LogP contribution in [-0.2, 0) is 19.9 Å². The Bertz CT molecular complexity index is 833. The lowest BCUT2D eigenvalue weighted by Crippen LogP contribution is -2.52. The quantitative estimate of drug-likeness (QED) is 0.769. The number of imide groups is 1. The van der Waals surface area contributed by atoms with Crippen molar-refractivity contribution >= 4 is 17.8 Å². The molecule has 3 aliphatic heterocycles. The van der Waals surface area contributed by atoms with Gasteiger partial charge in [-0.3, -0.25) is 14.5 Å². The van der Waals surface area contributed by atoms with Crippen molar-refractivity contribution in [3.8, 4) is 11.5 Å². The molecule has 0 spiro atoms. The van der Waals surface area contributed by atoms with Crippen LogP contribution in [0.15, 0.2) is 18.2 Å². The van der Waals surface area contributed by atoms with E-state index in [0.717, 1.165) is 4.90 Å². The third kappa shape index (κ3) is 3.05. The van der Waals surface area contributed by atoms with Crippen LogP contribution in [0, 0.1) is 0 Å². The highest BCUT2D eigenvalue weighted by molar-refractivity contribution is 6.09. The summed E-state index contributed by atoms with van der Waals surface area (Å²) < 4.78 is 16.3. The normalized spacial score (nSPS) is 29.2. The second-order valence-corrected chi connectivity index (χ2v) is 7.57. The molecule has 1 N–H and O–H groups in total. The Morgan fingerprint density at radius 3 is 2.57 bits per heavy atom. The van der Waals surface area contributed by atoms with Crippen LogP contribution in [0.2, 0.25) is 0 Å². The molecule has 2 saturated heterocycles. The van der Waals surface area contributed by atoms with Gasteiger partial charge in [0.25, 0.3) is 5.91 Å². The lowest BCUT2D eigenvalue weighted by molar-refractivity contribution is -0.146. The number of carbonyl (C=O) groups excluding carboxylic acids is 3. The number of ether oxygens (including phenoxy) is 3. The van der Waals surface area contributed by atoms with Crippen LogP contribution in [-0.4, -0.2) is 66.3 Å². The molecule has 150 valence electrons. The zero-order valence-corrected chi connectivity index (χ0v) is 16.1. The van der Waals surface area contributed by atoms with Gasteiger partial charge in [0.05, 0.1) is 12.2 Å². The molecule has 0 bridgehead atoms. The Hall–Kier alpha value is -2.81. The second-order valence-electron chi connectivity index (χ2n) is 7.57. The molecule has 1 aromatic rings. The number of morpholine rings is 1. The summed E-state index contributed by atoms with van der Waals surface area (Å²) in [6.45, 7) is 6.09. The van der Waals surface area contributed by atoms with Crippen molar-refractivity contribution in [3.63, 3.8) is 0 Å². The summed E-state index contributed by atoms with van der Waals surface area (Å²) in [5.74, 6) is 0.359. The molecule has 9 nitrogen and oxygen atoms in total. The number of rotatable bonds is 3. The third-order valence-corrected chi connectivity index (χ3v) is 5.29. The van der Waals surface area contributed by atoms with E-state index in [1.807, 2.05) is 13.8 Å². The van der Waals surface area contributed by atoms with Gasteiger partial charge in [-0.15, -0.1) is 0 Å². The van der Waals surface area contributed by atoms with Gasteiger partial charge in [-0.1, -0.05) is 6.07 Å². The summed E-state index contributed by atoms with van der Waals surface area (Å²) >= 11 is 0. The molecular formula is C19H23N3O6. The molecule has 4 amide bonds. The van der Waals surface area contributed by atoms with Crippen molar-refractivity contribution in [2.75, 3.05) is 26.4 Å². The van der Waals surface area contributed by atoms with Crippen molar-refractivity contribution in [2.45, 2.75) is 38.5 Å². The first-order chi connectivity index (χ1) is 13.3. The van der Waals surface area contributed by atoms with Gasteiger partial charge in [0.15, 0.2) is 11.5 Å². The van der Waals surface area contributed by atoms with Crippen LogP contribution in [0.4, 0.5) is 4.79 Å². The minimum absolute atomic E-state index is 0.0882. The summed E-state index contributed by atoms with van der Waals surface area (Å²) in [6.07, 6.45) is -0.176. The maximum Gasteiger partial charge on any atom is 0.325 e. The van der Waals surface area contributed by atoms with Crippen LogP contribution < -0.4 is 14.8 Å². The summed E-state index contributed by atoms with van der Waals surface area (Å²) in [5.41, 5.74) is -0.706. The largest absolute Gasteiger partial charge is 0.454 e. The molecule has 0 aliphatic carbocycles. The van der Waals surface area contributed by atoms with Crippen LogP contribution in [0.1, 0.15) is 26.3 Å². The fourth-order valence-electron chi connectivity index (χ4n) is 3.86. The van der Waals surface area contributed by atoms with Gasteiger partial charge in [0.1, 0.15) is 12.1 Å². The molecule has 3 atom stereocenters. The highest BCUT2D eigenvalue weighted by atomic mass is 16.7. The summed E-state index contributed by atoms with van der Waals surface area (Å²) in [7, 11) is 0. The first-order valence-electron chi connectivity index (χ1n) is 9.25. The van der Waals surface area contributed by atoms with Gasteiger partial charge in [0.2, 0.25) is 12.7 Å². The number of urea groups is 1. The number of hydrogen-bond acceptors (Lipinski definition) is 6. The molecule has 3 heterocycles. The lowest BCUT2D eigenvalue weighted by atomic mass is 9.91. The average Bonchev–Trinajstić information content (AvgIpc) is 3.19. The predicted octanol–water partition coefficient (Wildman–Crippen LogP) is 0.818. The SMILES string of the molecule is CC1CN(C(=O)CN2C(=O)NC(C)(c3ccc4c(c3)OCO4)C2=O)CC(C)O1. The molecule has 0 saturated carbocycles. The molecule has 28 heavy (non-hydrogen) atoms. The van der Waals surface area contributed by atoms with E-state index in [4.69, 9.17) is 14.2 Å². The minimum Gasteiger partial charge on any atom is -0.454 e. The average molecular weight is 389 g/mol. The highest BCUT2D eigenvalue weighted by Gasteiger charge is 2.50. The Morgan fingerprint density at radius 1 is 1.18 bits per heavy atom. The van der Waals surface area contributed by atoms with Gasteiger partial charge < -0.3 is 24.4 Å². The molecule has 3 aliphatic rings. The molecule has 0 aromatic heterocycles. The van der Waals surface area contributed by atoms with E-state index < -0.39 is 17.5 Å². The standard InChI is InChI=1S/C19H23N3O6/c1-11-7-21(8-12(2)28-11)16(23)9-22-17(24)19(3,20-18(22)25)13-4-5-14-15(6-13)27-10-26-14/h4-6,11-12H,7-10H2,1-3H3,(H,20,25). The smallest absolute Gasteiger partial charge is 0.325 e. The Labute approximate surface area is 162 Å². The monoisotopic (exact) mass is 389 g/mol. The summed E-state index contributed by atoms with van der Waals surface area (Å²) in [4.78, 5) is 40.9. The van der Waals surface area contributed by atoms with E-state index in [2.05, 4.69) is 5.32 Å². The van der Waals surface area contributed by atoms with Crippen molar-refractivity contribution in [3.05, 3.63) is 23.8 Å². The number of benzene rings is 1. The van der Waals surface area contributed by atoms with E-state index in [1.54, 1.807) is 30.0 Å². The number of amides is 4. The number of carbonyl (C=O) groups is 3. The van der Waals surface area contributed by atoms with Crippen LogP contribution in [0.3, 0.4) is 0 Å². The molecule has 0 radical (unpaired) electrons. The van der Waals surface area contributed by atoms with Crippen molar-refractivity contribution < 1.29 is 28.6 Å². The van der Waals surface area contributed by atoms with Gasteiger partial charge in [-0.05, 0) is 38.5 Å². The first kappa shape index (κ1) is 18.5. The van der Waals surface area contributed by atoms with E-state index in [1.165, 1.54) is 0 Å². The summed E-state index contributed by atoms with van der Waals surface area (Å²) in [6, 6.07) is 4.50. The van der Waals surface area contributed by atoms with Crippen molar-refractivity contribution in [1.29, 1.82) is 0 Å². The predicted molar refractivity (Wildman–Crippen MR) is 96.8 cm³/mol. The zero-order chi connectivity index (χ0) is 20.1. The lowest BCUT2D eigenvalue weighted by Gasteiger charge is -2.35. The highest BCUT2D eigenvalue weighted by Crippen LogP contribution is 2.37. The maximum absolute atomic E-state index is 13.1. The Balaban J connectivity index is 1.51. The van der Waals surface area contributed by atoms with E-state index >= 15 is 0 Å². The second kappa shape index (κ2) is 6.66. The topological polar surface area (TPSA) is 97.4 Å². The molecular weight excluding hydrogens is 366 g/mol. The van der Waals surface area contributed by atoms with Crippen LogP contribution >= 0.6 is 0 Å². The van der Waals surface area contributed by atoms with Crippen molar-refractivity contribution in [2.24, 2.45) is 0 Å². The molecule has 4 rings (SSSR count). The molecule has 9 heteroatoms. The van der Waals surface area contributed by atoms with E-state index in [9.17, 15) is 14.4 Å². The van der Waals surface area contributed by atoms with Gasteiger partial charge in [-0.2, -0.15) is 0 Å². The van der Waals surface area contributed by atoms with Crippen molar-refractivity contribution in [1.82, 2.24) is 15.1 Å². The number of nitrogens with one attached hydrogen (secondary N) is 1. The van der Waals surface area contributed by atoms with E-state index in [-0.39, 0.29) is 31.5 Å². The minimum atomic E-state index is -1.27. The zero-order valence-electron chi connectivity index (χ0n) is 16.1. The van der Waals surface area contributed by atoms with Gasteiger partial charge >= 0.3 is 6.03 Å². The first-order valence-corrected chi connectivity index (χ1v) is 9.25. The molecule has 2 fully saturated rings. The Kier molecular flexibility index (Phi) is 4.41. The fourth-order valence-corrected chi connectivity index (χ4v) is 3.86. The molecule has 1 aromatic carbocycles. The van der Waals surface area contributed by atoms with Crippen LogP contribution in [0.5, 0.6) is 11.5 Å². The van der Waals surface area contributed by atoms with Crippen LogP contribution in [0.25, 0.3) is 0 Å². The maximum atomic E-state index is 13.1. The third-order valence-electron chi connectivity index (χ3n) is 5.29.